The second-order valence-corrected chi connectivity index (χ2v) is 2.67. The first kappa shape index (κ1) is 8.99. The molecule has 0 aliphatic rings. The molecule has 0 atom stereocenters. The summed E-state index contributed by atoms with van der Waals surface area (Å²) in [5.41, 5.74) is 11.1. The normalized spacial score (nSPS) is 11.3. The summed E-state index contributed by atoms with van der Waals surface area (Å²) in [7, 11) is 0. The van der Waals surface area contributed by atoms with E-state index < -0.39 is 6.03 Å². The Bertz CT molecular complexity index is 251. The van der Waals surface area contributed by atoms with Crippen LogP contribution in [0.1, 0.15) is 5.56 Å². The lowest BCUT2D eigenvalue weighted by atomic mass is 10.2. The first-order valence-corrected chi connectivity index (χ1v) is 3.53. The van der Waals surface area contributed by atoms with Gasteiger partial charge < -0.3 is 9.84 Å². The van der Waals surface area contributed by atoms with Gasteiger partial charge in [-0.05, 0) is 19.1 Å². The van der Waals surface area contributed by atoms with E-state index in [2.05, 4.69) is 0 Å². The third kappa shape index (κ3) is 2.87. The quantitative estimate of drug-likeness (QED) is 0.538. The minimum atomic E-state index is -2.10. The minimum absolute atomic E-state index is 0.438. The second-order valence-electron chi connectivity index (χ2n) is 2.67. The van der Waals surface area contributed by atoms with Gasteiger partial charge in [0.1, 0.15) is 5.75 Å². The summed E-state index contributed by atoms with van der Waals surface area (Å²) in [5.74, 6) is 0.438. The molecule has 4 heteroatoms. The van der Waals surface area contributed by atoms with Gasteiger partial charge in [-0.2, -0.15) is 0 Å². The van der Waals surface area contributed by atoms with E-state index in [1.807, 2.05) is 19.1 Å². The summed E-state index contributed by atoms with van der Waals surface area (Å²) in [5, 5.41) is 8.87. The maximum Gasteiger partial charge on any atom is 0.328 e. The molecule has 0 spiro atoms. The molecule has 0 heterocycles. The highest BCUT2D eigenvalue weighted by Gasteiger charge is 2.14. The zero-order chi connectivity index (χ0) is 9.19. The molecule has 1 aromatic rings. The Kier molecular flexibility index (Phi) is 2.32. The summed E-state index contributed by atoms with van der Waals surface area (Å²) in [6.45, 7) is 1.95. The number of nitrogens with two attached hydrogens (primary N) is 2. The van der Waals surface area contributed by atoms with Crippen molar-refractivity contribution in [3.63, 3.8) is 0 Å². The van der Waals surface area contributed by atoms with Crippen molar-refractivity contribution in [2.45, 2.75) is 13.0 Å². The van der Waals surface area contributed by atoms with Crippen LogP contribution in [0.5, 0.6) is 5.75 Å². The molecule has 0 saturated heterocycles. The van der Waals surface area contributed by atoms with E-state index in [-0.39, 0.29) is 0 Å². The Morgan fingerprint density at radius 2 is 1.75 bits per heavy atom. The van der Waals surface area contributed by atoms with Crippen molar-refractivity contribution in [1.29, 1.82) is 0 Å². The van der Waals surface area contributed by atoms with Crippen LogP contribution < -0.4 is 16.2 Å². The number of rotatable bonds is 2. The molecule has 0 aliphatic carbocycles. The predicted octanol–water partition coefficient (Wildman–Crippen LogP) is -0.105. The number of benzene rings is 1. The first-order chi connectivity index (χ1) is 5.47. The molecule has 0 aromatic heterocycles. The second kappa shape index (κ2) is 3.10. The van der Waals surface area contributed by atoms with Gasteiger partial charge in [0.25, 0.3) is 0 Å². The van der Waals surface area contributed by atoms with E-state index in [4.69, 9.17) is 21.3 Å². The van der Waals surface area contributed by atoms with E-state index in [1.54, 1.807) is 12.1 Å². The van der Waals surface area contributed by atoms with Crippen molar-refractivity contribution in [2.24, 2.45) is 11.5 Å². The monoisotopic (exact) mass is 168 g/mol. The molecule has 4 nitrogen and oxygen atoms in total. The Hall–Kier alpha value is -1.10. The van der Waals surface area contributed by atoms with Gasteiger partial charge in [-0.15, -0.1) is 0 Å². The summed E-state index contributed by atoms with van der Waals surface area (Å²) in [6, 6.07) is 4.93. The van der Waals surface area contributed by atoms with Crippen LogP contribution in [-0.2, 0) is 0 Å². The van der Waals surface area contributed by atoms with Crippen molar-refractivity contribution >= 4 is 0 Å². The van der Waals surface area contributed by atoms with Gasteiger partial charge in [0.15, 0.2) is 0 Å². The van der Waals surface area contributed by atoms with Gasteiger partial charge in [0.05, 0.1) is 0 Å². The number of hydrogen-bond acceptors (Lipinski definition) is 4. The highest BCUT2D eigenvalue weighted by atomic mass is 16.7. The molecule has 1 aromatic carbocycles. The molecular weight excluding hydrogens is 156 g/mol. The molecule has 66 valence electrons. The molecule has 0 saturated carbocycles. The van der Waals surface area contributed by atoms with Crippen molar-refractivity contribution in [1.82, 2.24) is 0 Å². The third-order valence-electron chi connectivity index (χ3n) is 1.30. The van der Waals surface area contributed by atoms with Crippen LogP contribution in [0, 0.1) is 6.92 Å². The highest BCUT2D eigenvalue weighted by molar-refractivity contribution is 5.26. The van der Waals surface area contributed by atoms with Crippen LogP contribution >= 0.6 is 0 Å². The van der Waals surface area contributed by atoms with Crippen LogP contribution in [0.2, 0.25) is 0 Å². The van der Waals surface area contributed by atoms with Crippen LogP contribution in [0.3, 0.4) is 0 Å². The minimum Gasteiger partial charge on any atom is -0.437 e. The van der Waals surface area contributed by atoms with E-state index in [9.17, 15) is 0 Å². The molecular formula is C8H12N2O2. The fourth-order valence-electron chi connectivity index (χ4n) is 0.795. The summed E-state index contributed by atoms with van der Waals surface area (Å²) in [6.07, 6.45) is 0. The molecule has 5 N–H and O–H groups in total. The molecule has 0 bridgehead atoms. The van der Waals surface area contributed by atoms with Gasteiger partial charge in [0, 0.05) is 0 Å². The summed E-state index contributed by atoms with van der Waals surface area (Å²) < 4.78 is 4.77. The average Bonchev–Trinajstić information content (AvgIpc) is 1.91. The molecule has 0 amide bonds. The maximum atomic E-state index is 8.87. The van der Waals surface area contributed by atoms with Crippen molar-refractivity contribution < 1.29 is 9.84 Å². The van der Waals surface area contributed by atoms with Gasteiger partial charge in [0.2, 0.25) is 0 Å². The van der Waals surface area contributed by atoms with Gasteiger partial charge >= 0.3 is 6.03 Å². The lowest BCUT2D eigenvalue weighted by Gasteiger charge is -2.18. The number of hydrogen-bond donors (Lipinski definition) is 3. The number of aryl methyl sites for hydroxylation is 1. The van der Waals surface area contributed by atoms with Crippen LogP contribution in [0.15, 0.2) is 24.3 Å². The van der Waals surface area contributed by atoms with Gasteiger partial charge in [-0.3, -0.25) is 11.5 Å². The molecule has 0 radical (unpaired) electrons. The molecule has 12 heavy (non-hydrogen) atoms. The Morgan fingerprint density at radius 1 is 1.25 bits per heavy atom. The molecule has 1 rings (SSSR count). The topological polar surface area (TPSA) is 81.5 Å². The standard InChI is InChI=1S/C8H12N2O2/c1-6-2-4-7(5-3-6)12-8(9,10)11/h2-5,11H,9-10H2,1H3. The lowest BCUT2D eigenvalue weighted by molar-refractivity contribution is -0.126. The number of ether oxygens (including phenoxy) is 1. The first-order valence-electron chi connectivity index (χ1n) is 3.53. The maximum absolute atomic E-state index is 8.87. The Labute approximate surface area is 70.7 Å². The van der Waals surface area contributed by atoms with E-state index in [0.717, 1.165) is 5.56 Å². The molecule has 0 aliphatic heterocycles. The smallest absolute Gasteiger partial charge is 0.328 e. The largest absolute Gasteiger partial charge is 0.437 e. The third-order valence-corrected chi connectivity index (χ3v) is 1.30. The van der Waals surface area contributed by atoms with Gasteiger partial charge in [-0.25, -0.2) is 0 Å². The molecule has 0 fully saturated rings. The number of aliphatic hydroxyl groups is 1. The molecule has 0 unspecified atom stereocenters. The fourth-order valence-corrected chi connectivity index (χ4v) is 0.795. The Morgan fingerprint density at radius 3 is 2.17 bits per heavy atom. The van der Waals surface area contributed by atoms with Crippen molar-refractivity contribution in [3.8, 4) is 5.75 Å². The van der Waals surface area contributed by atoms with Crippen molar-refractivity contribution in [2.75, 3.05) is 0 Å². The summed E-state index contributed by atoms with van der Waals surface area (Å²) >= 11 is 0. The van der Waals surface area contributed by atoms with Crippen LogP contribution in [0.4, 0.5) is 0 Å². The Balaban J connectivity index is 2.71. The lowest BCUT2D eigenvalue weighted by Crippen LogP contribution is -2.54. The SMILES string of the molecule is Cc1ccc(OC(N)(N)O)cc1. The zero-order valence-corrected chi connectivity index (χ0v) is 6.82. The predicted molar refractivity (Wildman–Crippen MR) is 45.1 cm³/mol. The van der Waals surface area contributed by atoms with Crippen molar-refractivity contribution in [3.05, 3.63) is 29.8 Å². The summed E-state index contributed by atoms with van der Waals surface area (Å²) in [4.78, 5) is 0. The fraction of sp³-hybridized carbons (Fsp3) is 0.250. The van der Waals surface area contributed by atoms with Gasteiger partial charge in [-0.1, -0.05) is 17.7 Å². The van der Waals surface area contributed by atoms with E-state index in [1.165, 1.54) is 0 Å². The van der Waals surface area contributed by atoms with Crippen LogP contribution in [-0.4, -0.2) is 11.1 Å². The van der Waals surface area contributed by atoms with E-state index >= 15 is 0 Å². The zero-order valence-electron chi connectivity index (χ0n) is 6.82. The van der Waals surface area contributed by atoms with Crippen LogP contribution in [0.25, 0.3) is 0 Å². The highest BCUT2D eigenvalue weighted by Crippen LogP contribution is 2.12. The van der Waals surface area contributed by atoms with E-state index in [0.29, 0.717) is 5.75 Å². The average molecular weight is 168 g/mol.